The van der Waals surface area contributed by atoms with Gasteiger partial charge in [-0.25, -0.2) is 0 Å². The summed E-state index contributed by atoms with van der Waals surface area (Å²) in [4.78, 5) is 2.44. The van der Waals surface area contributed by atoms with E-state index < -0.39 is 0 Å². The van der Waals surface area contributed by atoms with Crippen LogP contribution in [0.1, 0.15) is 18.1 Å². The molecular formula is C15H24N2. The lowest BCUT2D eigenvalue weighted by Crippen LogP contribution is -2.28. The van der Waals surface area contributed by atoms with Gasteiger partial charge in [-0.1, -0.05) is 36.8 Å². The van der Waals surface area contributed by atoms with E-state index in [0.717, 1.165) is 18.4 Å². The van der Waals surface area contributed by atoms with Crippen LogP contribution in [0.5, 0.6) is 0 Å². The van der Waals surface area contributed by atoms with Crippen molar-refractivity contribution in [3.05, 3.63) is 35.4 Å². The Morgan fingerprint density at radius 3 is 2.53 bits per heavy atom. The Bertz CT molecular complexity index is 344. The molecule has 0 aliphatic carbocycles. The second-order valence-electron chi connectivity index (χ2n) is 5.58. The second kappa shape index (κ2) is 5.65. The van der Waals surface area contributed by atoms with Gasteiger partial charge in [0.1, 0.15) is 0 Å². The summed E-state index contributed by atoms with van der Waals surface area (Å²) in [6, 6.07) is 8.87. The maximum Gasteiger partial charge on any atom is 0.0230 e. The van der Waals surface area contributed by atoms with Gasteiger partial charge in [-0.15, -0.1) is 0 Å². The van der Waals surface area contributed by atoms with Gasteiger partial charge in [0.15, 0.2) is 0 Å². The SMILES string of the molecule is Cc1ccc(CN(C)CC2CNCC2C)cc1. The Labute approximate surface area is 105 Å². The summed E-state index contributed by atoms with van der Waals surface area (Å²) in [6.45, 7) is 9.11. The lowest BCUT2D eigenvalue weighted by Gasteiger charge is -2.23. The van der Waals surface area contributed by atoms with E-state index in [-0.39, 0.29) is 0 Å². The van der Waals surface area contributed by atoms with Crippen molar-refractivity contribution < 1.29 is 0 Å². The van der Waals surface area contributed by atoms with Crippen molar-refractivity contribution in [3.63, 3.8) is 0 Å². The average molecular weight is 232 g/mol. The van der Waals surface area contributed by atoms with Crippen molar-refractivity contribution in [2.75, 3.05) is 26.7 Å². The fourth-order valence-corrected chi connectivity index (χ4v) is 2.58. The first-order valence-corrected chi connectivity index (χ1v) is 6.60. The highest BCUT2D eigenvalue weighted by atomic mass is 15.1. The van der Waals surface area contributed by atoms with E-state index in [9.17, 15) is 0 Å². The maximum absolute atomic E-state index is 3.47. The number of nitrogens with one attached hydrogen (secondary N) is 1. The van der Waals surface area contributed by atoms with Crippen molar-refractivity contribution in [2.45, 2.75) is 20.4 Å². The van der Waals surface area contributed by atoms with E-state index in [4.69, 9.17) is 0 Å². The normalized spacial score (nSPS) is 24.5. The molecule has 1 fully saturated rings. The Morgan fingerprint density at radius 1 is 1.24 bits per heavy atom. The summed E-state index contributed by atoms with van der Waals surface area (Å²) in [5.74, 6) is 1.63. The number of hydrogen-bond acceptors (Lipinski definition) is 2. The van der Waals surface area contributed by atoms with Crippen molar-refractivity contribution in [2.24, 2.45) is 11.8 Å². The molecule has 1 aromatic carbocycles. The van der Waals surface area contributed by atoms with E-state index in [1.807, 2.05) is 0 Å². The topological polar surface area (TPSA) is 15.3 Å². The summed E-state index contributed by atoms with van der Waals surface area (Å²) < 4.78 is 0. The quantitative estimate of drug-likeness (QED) is 0.857. The first-order chi connectivity index (χ1) is 8.15. The average Bonchev–Trinajstić information content (AvgIpc) is 2.68. The van der Waals surface area contributed by atoms with Crippen LogP contribution in [-0.4, -0.2) is 31.6 Å². The molecular weight excluding hydrogens is 208 g/mol. The number of nitrogens with zero attached hydrogens (tertiary/aromatic N) is 1. The minimum absolute atomic E-state index is 0.811. The van der Waals surface area contributed by atoms with Crippen LogP contribution in [-0.2, 0) is 6.54 Å². The smallest absolute Gasteiger partial charge is 0.0230 e. The van der Waals surface area contributed by atoms with Crippen LogP contribution in [0.3, 0.4) is 0 Å². The van der Waals surface area contributed by atoms with Crippen LogP contribution in [0, 0.1) is 18.8 Å². The molecule has 2 unspecified atom stereocenters. The van der Waals surface area contributed by atoms with Crippen LogP contribution < -0.4 is 5.32 Å². The fourth-order valence-electron chi connectivity index (χ4n) is 2.58. The molecule has 0 aromatic heterocycles. The third-order valence-corrected chi connectivity index (χ3v) is 3.80. The first-order valence-electron chi connectivity index (χ1n) is 6.60. The summed E-state index contributed by atoms with van der Waals surface area (Å²) in [5, 5.41) is 3.47. The Balaban J connectivity index is 1.84. The molecule has 1 heterocycles. The van der Waals surface area contributed by atoms with Crippen LogP contribution >= 0.6 is 0 Å². The minimum Gasteiger partial charge on any atom is -0.316 e. The third kappa shape index (κ3) is 3.55. The van der Waals surface area contributed by atoms with Crippen LogP contribution in [0.15, 0.2) is 24.3 Å². The Kier molecular flexibility index (Phi) is 4.19. The van der Waals surface area contributed by atoms with E-state index in [0.29, 0.717) is 0 Å². The molecule has 0 radical (unpaired) electrons. The Morgan fingerprint density at radius 2 is 1.94 bits per heavy atom. The van der Waals surface area contributed by atoms with Crippen molar-refractivity contribution in [3.8, 4) is 0 Å². The molecule has 1 aromatic rings. The van der Waals surface area contributed by atoms with Crippen LogP contribution in [0.2, 0.25) is 0 Å². The van der Waals surface area contributed by atoms with E-state index in [1.165, 1.54) is 30.8 Å². The zero-order chi connectivity index (χ0) is 12.3. The highest BCUT2D eigenvalue weighted by molar-refractivity contribution is 5.21. The summed E-state index contributed by atoms with van der Waals surface area (Å²) >= 11 is 0. The molecule has 1 N–H and O–H groups in total. The molecule has 0 amide bonds. The maximum atomic E-state index is 3.47. The summed E-state index contributed by atoms with van der Waals surface area (Å²) in [6.07, 6.45) is 0. The molecule has 2 rings (SSSR count). The van der Waals surface area contributed by atoms with Crippen molar-refractivity contribution in [1.82, 2.24) is 10.2 Å². The second-order valence-corrected chi connectivity index (χ2v) is 5.58. The predicted octanol–water partition coefficient (Wildman–Crippen LogP) is 2.28. The molecule has 94 valence electrons. The Hall–Kier alpha value is -0.860. The lowest BCUT2D eigenvalue weighted by atomic mass is 9.97. The van der Waals surface area contributed by atoms with Crippen molar-refractivity contribution in [1.29, 1.82) is 0 Å². The lowest BCUT2D eigenvalue weighted by molar-refractivity contribution is 0.252. The standard InChI is InChI=1S/C15H24N2/c1-12-4-6-14(7-5-12)10-17(3)11-15-9-16-8-13(15)2/h4-7,13,15-16H,8-11H2,1-3H3. The van der Waals surface area contributed by atoms with Gasteiger partial charge < -0.3 is 10.2 Å². The number of hydrogen-bond donors (Lipinski definition) is 1. The number of rotatable bonds is 4. The van der Waals surface area contributed by atoms with Gasteiger partial charge in [-0.3, -0.25) is 0 Å². The molecule has 2 heteroatoms. The number of aryl methyl sites for hydroxylation is 1. The predicted molar refractivity (Wildman–Crippen MR) is 73.0 cm³/mol. The molecule has 0 saturated carbocycles. The van der Waals surface area contributed by atoms with Gasteiger partial charge in [0.2, 0.25) is 0 Å². The molecule has 17 heavy (non-hydrogen) atoms. The summed E-state index contributed by atoms with van der Waals surface area (Å²) in [7, 11) is 2.23. The van der Waals surface area contributed by atoms with Gasteiger partial charge in [0, 0.05) is 13.1 Å². The molecule has 1 saturated heterocycles. The highest BCUT2D eigenvalue weighted by Gasteiger charge is 2.23. The highest BCUT2D eigenvalue weighted by Crippen LogP contribution is 2.17. The van der Waals surface area contributed by atoms with Crippen LogP contribution in [0.25, 0.3) is 0 Å². The molecule has 0 bridgehead atoms. The van der Waals surface area contributed by atoms with Gasteiger partial charge in [0.05, 0.1) is 0 Å². The van der Waals surface area contributed by atoms with Crippen molar-refractivity contribution >= 4 is 0 Å². The van der Waals surface area contributed by atoms with E-state index in [2.05, 4.69) is 55.4 Å². The fraction of sp³-hybridized carbons (Fsp3) is 0.600. The summed E-state index contributed by atoms with van der Waals surface area (Å²) in [5.41, 5.74) is 2.75. The molecule has 1 aliphatic rings. The first kappa shape index (κ1) is 12.6. The number of benzene rings is 1. The zero-order valence-corrected chi connectivity index (χ0v) is 11.2. The molecule has 2 atom stereocenters. The van der Waals surface area contributed by atoms with Gasteiger partial charge in [0.25, 0.3) is 0 Å². The van der Waals surface area contributed by atoms with Gasteiger partial charge in [-0.05, 0) is 44.5 Å². The van der Waals surface area contributed by atoms with Gasteiger partial charge in [-0.2, -0.15) is 0 Å². The largest absolute Gasteiger partial charge is 0.316 e. The molecule has 1 aliphatic heterocycles. The van der Waals surface area contributed by atoms with E-state index in [1.54, 1.807) is 0 Å². The molecule has 0 spiro atoms. The zero-order valence-electron chi connectivity index (χ0n) is 11.2. The van der Waals surface area contributed by atoms with E-state index >= 15 is 0 Å². The monoisotopic (exact) mass is 232 g/mol. The third-order valence-electron chi connectivity index (χ3n) is 3.80. The van der Waals surface area contributed by atoms with Crippen LogP contribution in [0.4, 0.5) is 0 Å². The minimum atomic E-state index is 0.811. The van der Waals surface area contributed by atoms with Gasteiger partial charge >= 0.3 is 0 Å². The molecule has 2 nitrogen and oxygen atoms in total.